The number of benzene rings is 1. The molecule has 1 aromatic carbocycles. The number of carboxylic acids is 1. The van der Waals surface area contributed by atoms with E-state index in [4.69, 9.17) is 9.84 Å². The molecular weight excluding hydrogens is 378 g/mol. The van der Waals surface area contributed by atoms with Crippen LogP contribution in [0.3, 0.4) is 0 Å². The summed E-state index contributed by atoms with van der Waals surface area (Å²) in [5.74, 6) is -0.328. The van der Waals surface area contributed by atoms with Crippen molar-refractivity contribution in [3.05, 3.63) is 33.3 Å². The molecule has 0 saturated heterocycles. The number of rotatable bonds is 4. The summed E-state index contributed by atoms with van der Waals surface area (Å²) in [6, 6.07) is 5.63. The highest BCUT2D eigenvalue weighted by Crippen LogP contribution is 2.37. The predicted octanol–water partition coefficient (Wildman–Crippen LogP) is 4.00. The van der Waals surface area contributed by atoms with E-state index in [1.807, 2.05) is 18.2 Å². The monoisotopic (exact) mass is 387 g/mol. The third-order valence-electron chi connectivity index (χ3n) is 2.53. The maximum atomic E-state index is 10.7. The summed E-state index contributed by atoms with van der Waals surface area (Å²) in [6.45, 7) is 1.72. The van der Waals surface area contributed by atoms with Crippen molar-refractivity contribution in [2.45, 2.75) is 19.4 Å². The number of aliphatic carboxylic acids is 1. The summed E-state index contributed by atoms with van der Waals surface area (Å²) in [7, 11) is 0. The van der Waals surface area contributed by atoms with E-state index in [0.29, 0.717) is 11.3 Å². The molecule has 0 aliphatic carbocycles. The van der Waals surface area contributed by atoms with Gasteiger partial charge < -0.3 is 9.84 Å². The van der Waals surface area contributed by atoms with Crippen LogP contribution >= 0.6 is 31.9 Å². The topological polar surface area (TPSA) is 59.4 Å². The summed E-state index contributed by atoms with van der Waals surface area (Å²) in [5.41, 5.74) is 0.695. The quantitative estimate of drug-likeness (QED) is 0.859. The van der Waals surface area contributed by atoms with Crippen LogP contribution in [-0.4, -0.2) is 22.2 Å². The Labute approximate surface area is 127 Å². The van der Waals surface area contributed by atoms with Gasteiger partial charge in [-0.15, -0.1) is 0 Å². The maximum absolute atomic E-state index is 10.7. The molecule has 0 fully saturated rings. The second-order valence-corrected chi connectivity index (χ2v) is 5.80. The molecule has 1 aromatic heterocycles. The fourth-order valence-corrected chi connectivity index (χ4v) is 3.11. The first-order valence-electron chi connectivity index (χ1n) is 5.60. The van der Waals surface area contributed by atoms with Gasteiger partial charge in [0, 0.05) is 16.1 Å². The minimum Gasteiger partial charge on any atom is -0.487 e. The lowest BCUT2D eigenvalue weighted by Crippen LogP contribution is -2.17. The van der Waals surface area contributed by atoms with Crippen molar-refractivity contribution >= 4 is 48.7 Å². The van der Waals surface area contributed by atoms with Crippen LogP contribution in [0.1, 0.15) is 13.3 Å². The smallest absolute Gasteiger partial charge is 0.307 e. The molecule has 0 radical (unpaired) electrons. The zero-order chi connectivity index (χ0) is 14.0. The van der Waals surface area contributed by atoms with Crippen LogP contribution in [-0.2, 0) is 4.79 Å². The highest BCUT2D eigenvalue weighted by molar-refractivity contribution is 9.11. The first-order chi connectivity index (χ1) is 8.99. The lowest BCUT2D eigenvalue weighted by Gasteiger charge is -2.16. The summed E-state index contributed by atoms with van der Waals surface area (Å²) in [5, 5.41) is 9.69. The van der Waals surface area contributed by atoms with E-state index < -0.39 is 12.1 Å². The van der Waals surface area contributed by atoms with E-state index in [1.54, 1.807) is 13.1 Å². The number of nitrogens with zero attached hydrogens (tertiary/aromatic N) is 1. The lowest BCUT2D eigenvalue weighted by atomic mass is 10.2. The van der Waals surface area contributed by atoms with Crippen molar-refractivity contribution in [1.29, 1.82) is 0 Å². The fraction of sp³-hybridized carbons (Fsp3) is 0.231. The van der Waals surface area contributed by atoms with Gasteiger partial charge in [0.1, 0.15) is 11.6 Å². The summed E-state index contributed by atoms with van der Waals surface area (Å²) in [4.78, 5) is 15.0. The summed E-state index contributed by atoms with van der Waals surface area (Å²) < 4.78 is 7.36. The van der Waals surface area contributed by atoms with Gasteiger partial charge in [0.2, 0.25) is 0 Å². The standard InChI is InChI=1S/C13H11Br2NO3/c1-7(5-11(17)18)19-13-10(15)6-9(14)8-3-2-4-16-12(8)13/h2-4,6-7H,5H2,1H3,(H,17,18)/t7-/m0/s1. The molecule has 0 bridgehead atoms. The van der Waals surface area contributed by atoms with Crippen LogP contribution in [0.5, 0.6) is 5.75 Å². The number of fused-ring (bicyclic) bond motifs is 1. The van der Waals surface area contributed by atoms with Crippen molar-refractivity contribution in [3.8, 4) is 5.75 Å². The van der Waals surface area contributed by atoms with E-state index in [0.717, 1.165) is 14.3 Å². The van der Waals surface area contributed by atoms with Gasteiger partial charge in [-0.05, 0) is 35.0 Å². The molecular formula is C13H11Br2NO3. The van der Waals surface area contributed by atoms with Crippen LogP contribution in [0.4, 0.5) is 0 Å². The zero-order valence-electron chi connectivity index (χ0n) is 10.1. The Kier molecular flexibility index (Phi) is 4.42. The first-order valence-corrected chi connectivity index (χ1v) is 7.19. The Morgan fingerprint density at radius 3 is 2.89 bits per heavy atom. The summed E-state index contributed by atoms with van der Waals surface area (Å²) in [6.07, 6.45) is 1.19. The Bertz CT molecular complexity index is 631. The summed E-state index contributed by atoms with van der Waals surface area (Å²) >= 11 is 6.89. The van der Waals surface area contributed by atoms with Gasteiger partial charge in [0.05, 0.1) is 10.9 Å². The Hall–Kier alpha value is -1.14. The van der Waals surface area contributed by atoms with Crippen LogP contribution in [0.2, 0.25) is 0 Å². The molecule has 19 heavy (non-hydrogen) atoms. The van der Waals surface area contributed by atoms with E-state index in [-0.39, 0.29) is 6.42 Å². The Balaban J connectivity index is 2.45. The molecule has 2 aromatic rings. The van der Waals surface area contributed by atoms with Crippen LogP contribution < -0.4 is 4.74 Å². The van der Waals surface area contributed by atoms with Crippen molar-refractivity contribution in [2.24, 2.45) is 0 Å². The number of pyridine rings is 1. The van der Waals surface area contributed by atoms with Crippen LogP contribution in [0.25, 0.3) is 10.9 Å². The highest BCUT2D eigenvalue weighted by Gasteiger charge is 2.16. The Morgan fingerprint density at radius 1 is 1.47 bits per heavy atom. The lowest BCUT2D eigenvalue weighted by molar-refractivity contribution is -0.138. The first kappa shape index (κ1) is 14.3. The number of aromatic nitrogens is 1. The SMILES string of the molecule is C[C@@H](CC(=O)O)Oc1c(Br)cc(Br)c2cccnc12. The van der Waals surface area contributed by atoms with Crippen LogP contribution in [0, 0.1) is 0 Å². The van der Waals surface area contributed by atoms with Gasteiger partial charge in [0.15, 0.2) is 5.75 Å². The number of carbonyl (C=O) groups is 1. The number of hydrogen-bond donors (Lipinski definition) is 1. The second-order valence-electron chi connectivity index (χ2n) is 4.10. The van der Waals surface area contributed by atoms with E-state index in [1.165, 1.54) is 0 Å². The third kappa shape index (κ3) is 3.25. The molecule has 6 heteroatoms. The van der Waals surface area contributed by atoms with Gasteiger partial charge in [-0.1, -0.05) is 22.0 Å². The molecule has 4 nitrogen and oxygen atoms in total. The van der Waals surface area contributed by atoms with Gasteiger partial charge >= 0.3 is 5.97 Å². The molecule has 1 heterocycles. The average Bonchev–Trinajstić information content (AvgIpc) is 2.33. The number of hydrogen-bond acceptors (Lipinski definition) is 3. The van der Waals surface area contributed by atoms with Crippen molar-refractivity contribution in [3.63, 3.8) is 0 Å². The van der Waals surface area contributed by atoms with Gasteiger partial charge in [-0.3, -0.25) is 9.78 Å². The average molecular weight is 389 g/mol. The minimum absolute atomic E-state index is 0.0587. The molecule has 1 N–H and O–H groups in total. The molecule has 100 valence electrons. The highest BCUT2D eigenvalue weighted by atomic mass is 79.9. The largest absolute Gasteiger partial charge is 0.487 e. The minimum atomic E-state index is -0.891. The number of ether oxygens (including phenoxy) is 1. The van der Waals surface area contributed by atoms with Crippen molar-refractivity contribution in [2.75, 3.05) is 0 Å². The molecule has 0 spiro atoms. The molecule has 0 aliphatic heterocycles. The number of carboxylic acid groups (broad SMARTS) is 1. The normalized spacial score (nSPS) is 12.4. The van der Waals surface area contributed by atoms with E-state index in [9.17, 15) is 4.79 Å². The third-order valence-corrected chi connectivity index (χ3v) is 3.78. The maximum Gasteiger partial charge on any atom is 0.307 e. The van der Waals surface area contributed by atoms with Crippen LogP contribution in [0.15, 0.2) is 33.3 Å². The van der Waals surface area contributed by atoms with Crippen molar-refractivity contribution in [1.82, 2.24) is 4.98 Å². The van der Waals surface area contributed by atoms with Gasteiger partial charge in [0.25, 0.3) is 0 Å². The molecule has 0 saturated carbocycles. The molecule has 1 atom stereocenters. The molecule has 0 aliphatic rings. The van der Waals surface area contributed by atoms with E-state index >= 15 is 0 Å². The molecule has 2 rings (SSSR count). The Morgan fingerprint density at radius 2 is 2.21 bits per heavy atom. The molecule has 0 amide bonds. The van der Waals surface area contributed by atoms with Gasteiger partial charge in [-0.25, -0.2) is 0 Å². The predicted molar refractivity (Wildman–Crippen MR) is 79.5 cm³/mol. The van der Waals surface area contributed by atoms with Crippen molar-refractivity contribution < 1.29 is 14.6 Å². The number of halogens is 2. The second kappa shape index (κ2) is 5.88. The zero-order valence-corrected chi connectivity index (χ0v) is 13.2. The molecule has 0 unspecified atom stereocenters. The fourth-order valence-electron chi connectivity index (χ4n) is 1.75. The van der Waals surface area contributed by atoms with Gasteiger partial charge in [-0.2, -0.15) is 0 Å². The van der Waals surface area contributed by atoms with E-state index in [2.05, 4.69) is 36.8 Å².